The molecule has 0 aliphatic carbocycles. The number of ketones is 1. The molecule has 0 saturated heterocycles. The molecule has 1 aromatic rings. The maximum atomic E-state index is 13.0. The van der Waals surface area contributed by atoms with Crippen LogP contribution in [0.4, 0.5) is 4.39 Å². The lowest BCUT2D eigenvalue weighted by atomic mass is 9.82. The van der Waals surface area contributed by atoms with Crippen molar-refractivity contribution in [2.24, 2.45) is 5.41 Å². The number of hydrogen-bond acceptors (Lipinski definition) is 2. The molecule has 0 aromatic heterocycles. The van der Waals surface area contributed by atoms with Crippen LogP contribution in [0.1, 0.15) is 19.4 Å². The predicted molar refractivity (Wildman–Crippen MR) is 59.5 cm³/mol. The minimum Gasteiger partial charge on any atom is -0.298 e. The van der Waals surface area contributed by atoms with Gasteiger partial charge in [0.1, 0.15) is 17.0 Å². The topological polar surface area (TPSA) is 40.9 Å². The smallest absolute Gasteiger partial charge is 0.150 e. The molecule has 0 amide bonds. The van der Waals surface area contributed by atoms with Gasteiger partial charge < -0.3 is 0 Å². The normalized spacial score (nSPS) is 13.9. The summed E-state index contributed by atoms with van der Waals surface area (Å²) in [5.74, 6) is -0.682. The fourth-order valence-electron chi connectivity index (χ4n) is 1.30. The van der Waals surface area contributed by atoms with Gasteiger partial charge in [-0.2, -0.15) is 5.26 Å². The molecule has 0 heterocycles. The van der Waals surface area contributed by atoms with Gasteiger partial charge in [0.05, 0.1) is 6.07 Å². The minimum atomic E-state index is -1.16. The Kier molecular flexibility index (Phi) is 3.66. The van der Waals surface area contributed by atoms with Crippen LogP contribution in [0.5, 0.6) is 0 Å². The lowest BCUT2D eigenvalue weighted by Gasteiger charge is -2.18. The molecular weight excluding hydrogens is 229 g/mol. The summed E-state index contributed by atoms with van der Waals surface area (Å²) in [5, 5.41) is 9.33. The number of Topliss-reactive ketones (excluding diaryl/α,β-unsaturated/α-hetero) is 1. The number of halogens is 2. The van der Waals surface area contributed by atoms with E-state index in [4.69, 9.17) is 16.9 Å². The van der Waals surface area contributed by atoms with Crippen LogP contribution < -0.4 is 0 Å². The maximum absolute atomic E-state index is 13.0. The molecule has 1 unspecified atom stereocenters. The minimum absolute atomic E-state index is 0.120. The first kappa shape index (κ1) is 12.7. The number of rotatable bonds is 3. The Balaban J connectivity index is 3.09. The lowest BCUT2D eigenvalue weighted by Crippen LogP contribution is -2.26. The van der Waals surface area contributed by atoms with E-state index in [1.54, 1.807) is 0 Å². The highest BCUT2D eigenvalue weighted by atomic mass is 35.5. The van der Waals surface area contributed by atoms with E-state index in [1.165, 1.54) is 32.0 Å². The summed E-state index contributed by atoms with van der Waals surface area (Å²) in [4.78, 5) is 11.3. The van der Waals surface area contributed by atoms with Crippen LogP contribution in [0.25, 0.3) is 0 Å². The average molecular weight is 240 g/mol. The number of carbonyl (C=O) groups excluding carboxylic acids is 1. The Bertz CT molecular complexity index is 467. The summed E-state index contributed by atoms with van der Waals surface area (Å²) in [5.41, 5.74) is -0.682. The van der Waals surface area contributed by atoms with Crippen molar-refractivity contribution >= 4 is 17.4 Å². The molecule has 0 spiro atoms. The number of benzene rings is 1. The second-order valence-corrected chi connectivity index (χ2v) is 4.32. The molecule has 16 heavy (non-hydrogen) atoms. The zero-order valence-corrected chi connectivity index (χ0v) is 9.81. The Morgan fingerprint density at radius 3 is 2.75 bits per heavy atom. The second kappa shape index (κ2) is 4.63. The first-order valence-corrected chi connectivity index (χ1v) is 5.13. The van der Waals surface area contributed by atoms with E-state index < -0.39 is 11.2 Å². The fourth-order valence-corrected chi connectivity index (χ4v) is 1.49. The molecule has 0 aliphatic heterocycles. The van der Waals surface area contributed by atoms with Gasteiger partial charge in [-0.05, 0) is 44.0 Å². The zero-order valence-electron chi connectivity index (χ0n) is 9.05. The average Bonchev–Trinajstić information content (AvgIpc) is 2.23. The third kappa shape index (κ3) is 2.59. The Labute approximate surface area is 98.6 Å². The van der Waals surface area contributed by atoms with Crippen molar-refractivity contribution in [3.8, 4) is 6.07 Å². The van der Waals surface area contributed by atoms with Gasteiger partial charge in [-0.25, -0.2) is 4.39 Å². The molecular formula is C12H11ClFNO. The molecule has 0 bridgehead atoms. The van der Waals surface area contributed by atoms with Crippen LogP contribution in [0.2, 0.25) is 5.02 Å². The van der Waals surface area contributed by atoms with Crippen molar-refractivity contribution in [1.29, 1.82) is 5.26 Å². The van der Waals surface area contributed by atoms with Crippen LogP contribution in [0.3, 0.4) is 0 Å². The number of nitrogens with zero attached hydrogens (tertiary/aromatic N) is 1. The van der Waals surface area contributed by atoms with E-state index in [-0.39, 0.29) is 12.2 Å². The number of hydrogen-bond donors (Lipinski definition) is 0. The van der Waals surface area contributed by atoms with Gasteiger partial charge in [0, 0.05) is 5.02 Å². The third-order valence-electron chi connectivity index (χ3n) is 2.58. The van der Waals surface area contributed by atoms with Gasteiger partial charge in [-0.15, -0.1) is 0 Å². The predicted octanol–water partition coefficient (Wildman–Crippen LogP) is 3.14. The molecule has 0 fully saturated rings. The number of carbonyl (C=O) groups is 1. The van der Waals surface area contributed by atoms with Crippen molar-refractivity contribution in [3.63, 3.8) is 0 Å². The van der Waals surface area contributed by atoms with Crippen molar-refractivity contribution in [2.75, 3.05) is 0 Å². The standard InChI is InChI=1S/C12H11ClFNO/c1-8(16)12(2,7-15)6-9-5-10(14)3-4-11(9)13/h3-5H,6H2,1-2H3. The van der Waals surface area contributed by atoms with Gasteiger partial charge in [0.2, 0.25) is 0 Å². The van der Waals surface area contributed by atoms with E-state index in [0.29, 0.717) is 10.6 Å². The molecule has 1 aromatic carbocycles. The van der Waals surface area contributed by atoms with E-state index in [2.05, 4.69) is 0 Å². The first-order chi connectivity index (χ1) is 7.39. The fraction of sp³-hybridized carbons (Fsp3) is 0.333. The monoisotopic (exact) mass is 239 g/mol. The highest BCUT2D eigenvalue weighted by Crippen LogP contribution is 2.27. The van der Waals surface area contributed by atoms with Gasteiger partial charge in [-0.1, -0.05) is 11.6 Å². The molecule has 4 heteroatoms. The van der Waals surface area contributed by atoms with Gasteiger partial charge in [-0.3, -0.25) is 4.79 Å². The van der Waals surface area contributed by atoms with E-state index in [1.807, 2.05) is 6.07 Å². The quantitative estimate of drug-likeness (QED) is 0.813. The van der Waals surface area contributed by atoms with Gasteiger partial charge in [0.25, 0.3) is 0 Å². The zero-order chi connectivity index (χ0) is 12.3. The molecule has 0 saturated carbocycles. The first-order valence-electron chi connectivity index (χ1n) is 4.75. The molecule has 0 aliphatic rings. The van der Waals surface area contributed by atoms with Crippen LogP contribution >= 0.6 is 11.6 Å². The largest absolute Gasteiger partial charge is 0.298 e. The molecule has 1 rings (SSSR count). The molecule has 2 nitrogen and oxygen atoms in total. The summed E-state index contributed by atoms with van der Waals surface area (Å²) in [6.45, 7) is 2.87. The van der Waals surface area contributed by atoms with Crippen molar-refractivity contribution < 1.29 is 9.18 Å². The third-order valence-corrected chi connectivity index (χ3v) is 2.94. The van der Waals surface area contributed by atoms with Crippen LogP contribution in [-0.4, -0.2) is 5.78 Å². The van der Waals surface area contributed by atoms with Crippen molar-refractivity contribution in [2.45, 2.75) is 20.3 Å². The molecule has 0 N–H and O–H groups in total. The van der Waals surface area contributed by atoms with Gasteiger partial charge >= 0.3 is 0 Å². The molecule has 0 radical (unpaired) electrons. The highest BCUT2D eigenvalue weighted by Gasteiger charge is 2.30. The summed E-state index contributed by atoms with van der Waals surface area (Å²) in [7, 11) is 0. The summed E-state index contributed by atoms with van der Waals surface area (Å²) in [6, 6.07) is 5.85. The highest BCUT2D eigenvalue weighted by molar-refractivity contribution is 6.31. The van der Waals surface area contributed by atoms with Gasteiger partial charge in [0.15, 0.2) is 0 Å². The van der Waals surface area contributed by atoms with Crippen molar-refractivity contribution in [1.82, 2.24) is 0 Å². The summed E-state index contributed by atoms with van der Waals surface area (Å²) >= 11 is 5.88. The van der Waals surface area contributed by atoms with Crippen LogP contribution in [-0.2, 0) is 11.2 Å². The van der Waals surface area contributed by atoms with E-state index in [0.717, 1.165) is 0 Å². The van der Waals surface area contributed by atoms with E-state index in [9.17, 15) is 9.18 Å². The van der Waals surface area contributed by atoms with E-state index >= 15 is 0 Å². The lowest BCUT2D eigenvalue weighted by molar-refractivity contribution is -0.123. The Hall–Kier alpha value is -1.40. The molecule has 1 atom stereocenters. The molecule has 84 valence electrons. The maximum Gasteiger partial charge on any atom is 0.150 e. The van der Waals surface area contributed by atoms with Crippen LogP contribution in [0.15, 0.2) is 18.2 Å². The SMILES string of the molecule is CC(=O)C(C)(C#N)Cc1cc(F)ccc1Cl. The Morgan fingerprint density at radius 1 is 1.62 bits per heavy atom. The summed E-state index contributed by atoms with van der Waals surface area (Å²) < 4.78 is 13.0. The van der Waals surface area contributed by atoms with Crippen molar-refractivity contribution in [3.05, 3.63) is 34.6 Å². The summed E-state index contributed by atoms with van der Waals surface area (Å²) in [6.07, 6.45) is 0.120. The Morgan fingerprint density at radius 2 is 2.25 bits per heavy atom. The van der Waals surface area contributed by atoms with Crippen LogP contribution in [0, 0.1) is 22.6 Å². The second-order valence-electron chi connectivity index (χ2n) is 3.91. The number of nitriles is 1.